The number of nitrogens with zero attached hydrogens (tertiary/aromatic N) is 4. The van der Waals surface area contributed by atoms with E-state index in [-0.39, 0.29) is 24.5 Å². The number of aromatic nitrogens is 2. The zero-order valence-corrected chi connectivity index (χ0v) is 18.2. The van der Waals surface area contributed by atoms with Crippen molar-refractivity contribution >= 4 is 21.6 Å². The molecule has 0 saturated carbocycles. The van der Waals surface area contributed by atoms with E-state index in [1.807, 2.05) is 30.3 Å². The van der Waals surface area contributed by atoms with Crippen molar-refractivity contribution in [2.24, 2.45) is 0 Å². The van der Waals surface area contributed by atoms with Gasteiger partial charge in [-0.3, -0.25) is 9.10 Å². The number of sulfonamides is 1. The van der Waals surface area contributed by atoms with Crippen molar-refractivity contribution in [3.8, 4) is 11.4 Å². The summed E-state index contributed by atoms with van der Waals surface area (Å²) in [5.74, 6) is -0.671. The van der Waals surface area contributed by atoms with Crippen LogP contribution in [-0.4, -0.2) is 48.7 Å². The molecular formula is C21H23FN4O4S. The summed E-state index contributed by atoms with van der Waals surface area (Å²) in [6.07, 6.45) is 1.09. The highest BCUT2D eigenvalue weighted by Gasteiger charge is 2.35. The topological polar surface area (TPSA) is 96.6 Å². The zero-order valence-electron chi connectivity index (χ0n) is 17.4. The summed E-state index contributed by atoms with van der Waals surface area (Å²) < 4.78 is 45.4. The standard InChI is InChI=1S/C21H23FN4O4S/c1-4-17(26(31(3,28)29)18-13-9-8-12-16(18)22)21(27)25(2)14-19-23-20(24-30-19)15-10-6-5-7-11-15/h5-13,17H,4,14H2,1-3H3/t17-/m0/s1. The second kappa shape index (κ2) is 9.25. The molecule has 1 atom stereocenters. The Morgan fingerprint density at radius 1 is 1.13 bits per heavy atom. The molecule has 1 aromatic heterocycles. The monoisotopic (exact) mass is 446 g/mol. The van der Waals surface area contributed by atoms with Gasteiger partial charge in [0.1, 0.15) is 11.9 Å². The molecule has 0 aliphatic heterocycles. The van der Waals surface area contributed by atoms with E-state index in [4.69, 9.17) is 4.52 Å². The smallest absolute Gasteiger partial charge is 0.246 e. The second-order valence-electron chi connectivity index (χ2n) is 7.01. The van der Waals surface area contributed by atoms with Gasteiger partial charge < -0.3 is 9.42 Å². The predicted molar refractivity (Wildman–Crippen MR) is 114 cm³/mol. The maximum atomic E-state index is 14.4. The molecule has 0 radical (unpaired) electrons. The number of hydrogen-bond acceptors (Lipinski definition) is 6. The van der Waals surface area contributed by atoms with Crippen molar-refractivity contribution in [2.75, 3.05) is 17.6 Å². The van der Waals surface area contributed by atoms with E-state index in [1.165, 1.54) is 30.1 Å². The Hall–Kier alpha value is -3.27. The highest BCUT2D eigenvalue weighted by Crippen LogP contribution is 2.26. The summed E-state index contributed by atoms with van der Waals surface area (Å²) in [5, 5.41) is 3.92. The van der Waals surface area contributed by atoms with E-state index < -0.39 is 27.8 Å². The summed E-state index contributed by atoms with van der Waals surface area (Å²) in [7, 11) is -2.44. The van der Waals surface area contributed by atoms with Crippen molar-refractivity contribution in [2.45, 2.75) is 25.9 Å². The Morgan fingerprint density at radius 2 is 1.77 bits per heavy atom. The molecule has 31 heavy (non-hydrogen) atoms. The van der Waals surface area contributed by atoms with Gasteiger partial charge in [0.05, 0.1) is 18.5 Å². The third-order valence-corrected chi connectivity index (χ3v) is 5.82. The molecule has 1 amide bonds. The number of halogens is 1. The highest BCUT2D eigenvalue weighted by molar-refractivity contribution is 7.92. The molecule has 8 nitrogen and oxygen atoms in total. The first-order valence-corrected chi connectivity index (χ1v) is 11.4. The van der Waals surface area contributed by atoms with Gasteiger partial charge in [0.2, 0.25) is 27.6 Å². The Bertz CT molecular complexity index is 1150. The molecule has 2 aromatic carbocycles. The van der Waals surface area contributed by atoms with E-state index in [1.54, 1.807) is 6.92 Å². The predicted octanol–water partition coefficient (Wildman–Crippen LogP) is 3.08. The number of likely N-dealkylation sites (N-methyl/N-ethyl adjacent to an activating group) is 1. The number of carbonyl (C=O) groups is 1. The fraction of sp³-hybridized carbons (Fsp3) is 0.286. The van der Waals surface area contributed by atoms with Crippen LogP contribution in [0, 0.1) is 5.82 Å². The Morgan fingerprint density at radius 3 is 2.39 bits per heavy atom. The fourth-order valence-corrected chi connectivity index (χ4v) is 4.41. The van der Waals surface area contributed by atoms with Gasteiger partial charge in [0.15, 0.2) is 0 Å². The fourth-order valence-electron chi connectivity index (χ4n) is 3.21. The first-order chi connectivity index (χ1) is 14.7. The van der Waals surface area contributed by atoms with E-state index in [0.29, 0.717) is 5.82 Å². The lowest BCUT2D eigenvalue weighted by Crippen LogP contribution is -2.49. The zero-order chi connectivity index (χ0) is 22.6. The van der Waals surface area contributed by atoms with Crippen LogP contribution in [0.25, 0.3) is 11.4 Å². The Labute approximate surface area is 180 Å². The van der Waals surface area contributed by atoms with Gasteiger partial charge in [0, 0.05) is 12.6 Å². The SMILES string of the molecule is CC[C@@H](C(=O)N(C)Cc1nc(-c2ccccc2)no1)N(c1ccccc1F)S(C)(=O)=O. The van der Waals surface area contributed by atoms with Crippen LogP contribution in [0.5, 0.6) is 0 Å². The van der Waals surface area contributed by atoms with Crippen LogP contribution in [-0.2, 0) is 21.4 Å². The lowest BCUT2D eigenvalue weighted by atomic mass is 10.1. The second-order valence-corrected chi connectivity index (χ2v) is 8.87. The molecule has 0 saturated heterocycles. The van der Waals surface area contributed by atoms with Crippen LogP contribution < -0.4 is 4.31 Å². The molecule has 0 bridgehead atoms. The number of carbonyl (C=O) groups excluding carboxylic acids is 1. The van der Waals surface area contributed by atoms with Crippen LogP contribution in [0.3, 0.4) is 0 Å². The van der Waals surface area contributed by atoms with Crippen LogP contribution in [0.1, 0.15) is 19.2 Å². The molecule has 1 heterocycles. The lowest BCUT2D eigenvalue weighted by Gasteiger charge is -2.32. The lowest BCUT2D eigenvalue weighted by molar-refractivity contribution is -0.132. The summed E-state index contributed by atoms with van der Waals surface area (Å²) in [5.41, 5.74) is 0.587. The first kappa shape index (κ1) is 22.4. The number of rotatable bonds is 8. The number of para-hydroxylation sites is 1. The average Bonchev–Trinajstić information content (AvgIpc) is 3.20. The Balaban J connectivity index is 1.83. The molecular weight excluding hydrogens is 423 g/mol. The summed E-state index contributed by atoms with van der Waals surface area (Å²) in [6.45, 7) is 1.64. The van der Waals surface area contributed by atoms with Crippen molar-refractivity contribution in [3.63, 3.8) is 0 Å². The van der Waals surface area contributed by atoms with Crippen LogP contribution in [0.2, 0.25) is 0 Å². The molecule has 0 spiro atoms. The number of hydrogen-bond donors (Lipinski definition) is 0. The summed E-state index contributed by atoms with van der Waals surface area (Å²) in [4.78, 5) is 18.7. The normalized spacial score (nSPS) is 12.4. The minimum Gasteiger partial charge on any atom is -0.337 e. The van der Waals surface area contributed by atoms with Crippen molar-refractivity contribution < 1.29 is 22.1 Å². The minimum atomic E-state index is -3.94. The number of amides is 1. The molecule has 0 N–H and O–H groups in total. The number of benzene rings is 2. The Kier molecular flexibility index (Phi) is 6.69. The van der Waals surface area contributed by atoms with E-state index in [9.17, 15) is 17.6 Å². The minimum absolute atomic E-state index is 0.0238. The highest BCUT2D eigenvalue weighted by atomic mass is 32.2. The summed E-state index contributed by atoms with van der Waals surface area (Å²) in [6, 6.07) is 13.5. The largest absolute Gasteiger partial charge is 0.337 e. The molecule has 0 aliphatic rings. The van der Waals surface area contributed by atoms with Crippen molar-refractivity contribution in [3.05, 3.63) is 66.3 Å². The maximum absolute atomic E-state index is 14.4. The van der Waals surface area contributed by atoms with Gasteiger partial charge in [0.25, 0.3) is 0 Å². The number of anilines is 1. The molecule has 0 aliphatic carbocycles. The molecule has 0 unspecified atom stereocenters. The summed E-state index contributed by atoms with van der Waals surface area (Å²) >= 11 is 0. The van der Waals surface area contributed by atoms with Crippen LogP contribution in [0.15, 0.2) is 59.1 Å². The van der Waals surface area contributed by atoms with Gasteiger partial charge in [-0.1, -0.05) is 54.5 Å². The van der Waals surface area contributed by atoms with E-state index in [0.717, 1.165) is 22.2 Å². The maximum Gasteiger partial charge on any atom is 0.246 e. The average molecular weight is 447 g/mol. The van der Waals surface area contributed by atoms with Gasteiger partial charge in [-0.05, 0) is 18.6 Å². The van der Waals surface area contributed by atoms with Crippen molar-refractivity contribution in [1.29, 1.82) is 0 Å². The molecule has 3 aromatic rings. The van der Waals surface area contributed by atoms with Gasteiger partial charge in [-0.15, -0.1) is 0 Å². The molecule has 0 fully saturated rings. The molecule has 3 rings (SSSR count). The first-order valence-electron chi connectivity index (χ1n) is 9.59. The quantitative estimate of drug-likeness (QED) is 0.528. The third kappa shape index (κ3) is 5.08. The van der Waals surface area contributed by atoms with Crippen molar-refractivity contribution in [1.82, 2.24) is 15.0 Å². The van der Waals surface area contributed by atoms with Gasteiger partial charge in [-0.2, -0.15) is 4.98 Å². The van der Waals surface area contributed by atoms with E-state index >= 15 is 0 Å². The van der Waals surface area contributed by atoms with Crippen LogP contribution >= 0.6 is 0 Å². The third-order valence-electron chi connectivity index (χ3n) is 4.65. The molecule has 10 heteroatoms. The van der Waals surface area contributed by atoms with Gasteiger partial charge >= 0.3 is 0 Å². The molecule has 164 valence electrons. The van der Waals surface area contributed by atoms with Gasteiger partial charge in [-0.25, -0.2) is 12.8 Å². The van der Waals surface area contributed by atoms with Crippen LogP contribution in [0.4, 0.5) is 10.1 Å². The van der Waals surface area contributed by atoms with E-state index in [2.05, 4.69) is 10.1 Å².